The highest BCUT2D eigenvalue weighted by atomic mass is 16.7. The predicted octanol–water partition coefficient (Wildman–Crippen LogP) is 3.80. The Balaban J connectivity index is 1.56. The van der Waals surface area contributed by atoms with Crippen molar-refractivity contribution < 1.29 is 19.1 Å². The fraction of sp³-hybridized carbons (Fsp3) is 0.391. The van der Waals surface area contributed by atoms with Crippen LogP contribution in [0.3, 0.4) is 0 Å². The number of anilines is 2. The van der Waals surface area contributed by atoms with Crippen molar-refractivity contribution in [3.8, 4) is 11.5 Å². The van der Waals surface area contributed by atoms with Gasteiger partial charge in [0.1, 0.15) is 0 Å². The van der Waals surface area contributed by atoms with E-state index >= 15 is 0 Å². The standard InChI is InChI=1S/C23H27N3O4/c1-2-10-24-23(28)18-14-17(7-8-19(18)26-11-4-3-5-12-26)25-22(27)16-6-9-20-21(13-16)30-15-29-20/h6-9,13-14H,2-5,10-12,15H2,1H3,(H,24,28)(H,25,27). The topological polar surface area (TPSA) is 79.9 Å². The van der Waals surface area contributed by atoms with Crippen molar-refractivity contribution >= 4 is 23.2 Å². The Morgan fingerprint density at radius 2 is 1.77 bits per heavy atom. The van der Waals surface area contributed by atoms with E-state index in [4.69, 9.17) is 9.47 Å². The first-order valence-corrected chi connectivity index (χ1v) is 10.5. The van der Waals surface area contributed by atoms with Gasteiger partial charge in [0, 0.05) is 36.6 Å². The molecular weight excluding hydrogens is 382 g/mol. The van der Waals surface area contributed by atoms with Crippen LogP contribution in [-0.2, 0) is 0 Å². The summed E-state index contributed by atoms with van der Waals surface area (Å²) in [5.74, 6) is 0.811. The number of fused-ring (bicyclic) bond motifs is 1. The quantitative estimate of drug-likeness (QED) is 0.759. The number of amides is 2. The van der Waals surface area contributed by atoms with Crippen molar-refractivity contribution in [2.45, 2.75) is 32.6 Å². The highest BCUT2D eigenvalue weighted by molar-refractivity contribution is 6.06. The molecule has 2 aromatic rings. The monoisotopic (exact) mass is 409 g/mol. The fourth-order valence-corrected chi connectivity index (χ4v) is 3.78. The summed E-state index contributed by atoms with van der Waals surface area (Å²) in [4.78, 5) is 27.8. The van der Waals surface area contributed by atoms with Gasteiger partial charge in [-0.05, 0) is 62.1 Å². The fourth-order valence-electron chi connectivity index (χ4n) is 3.78. The van der Waals surface area contributed by atoms with Gasteiger partial charge < -0.3 is 25.0 Å². The molecule has 2 heterocycles. The number of rotatable bonds is 6. The number of hydrogen-bond acceptors (Lipinski definition) is 5. The van der Waals surface area contributed by atoms with E-state index < -0.39 is 0 Å². The second kappa shape index (κ2) is 9.07. The Labute approximate surface area is 176 Å². The molecule has 2 aliphatic rings. The number of nitrogens with zero attached hydrogens (tertiary/aromatic N) is 1. The number of benzene rings is 2. The molecule has 158 valence electrons. The molecule has 0 bridgehead atoms. The van der Waals surface area contributed by atoms with E-state index in [-0.39, 0.29) is 18.6 Å². The van der Waals surface area contributed by atoms with Gasteiger partial charge in [0.15, 0.2) is 11.5 Å². The summed E-state index contributed by atoms with van der Waals surface area (Å²) in [6.45, 7) is 4.68. The number of nitrogens with one attached hydrogen (secondary N) is 2. The van der Waals surface area contributed by atoms with E-state index in [2.05, 4.69) is 15.5 Å². The molecule has 0 aromatic heterocycles. The van der Waals surface area contributed by atoms with E-state index in [9.17, 15) is 9.59 Å². The van der Waals surface area contributed by atoms with Crippen molar-refractivity contribution in [2.24, 2.45) is 0 Å². The Bertz CT molecular complexity index is 938. The van der Waals surface area contributed by atoms with Crippen LogP contribution < -0.4 is 25.0 Å². The molecule has 7 nitrogen and oxygen atoms in total. The second-order valence-corrected chi connectivity index (χ2v) is 7.56. The van der Waals surface area contributed by atoms with Crippen LogP contribution in [0.15, 0.2) is 36.4 Å². The molecular formula is C23H27N3O4. The molecule has 0 spiro atoms. The summed E-state index contributed by atoms with van der Waals surface area (Å²) in [5, 5.41) is 5.86. The van der Waals surface area contributed by atoms with Crippen molar-refractivity contribution in [1.29, 1.82) is 0 Å². The van der Waals surface area contributed by atoms with Crippen LogP contribution in [0.25, 0.3) is 0 Å². The van der Waals surface area contributed by atoms with Gasteiger partial charge in [-0.1, -0.05) is 6.92 Å². The lowest BCUT2D eigenvalue weighted by Crippen LogP contribution is -2.33. The lowest BCUT2D eigenvalue weighted by Gasteiger charge is -2.30. The van der Waals surface area contributed by atoms with Gasteiger partial charge in [-0.3, -0.25) is 9.59 Å². The lowest BCUT2D eigenvalue weighted by atomic mass is 10.1. The van der Waals surface area contributed by atoms with Crippen LogP contribution in [0, 0.1) is 0 Å². The van der Waals surface area contributed by atoms with E-state index in [1.807, 2.05) is 19.1 Å². The van der Waals surface area contributed by atoms with Crippen LogP contribution in [-0.4, -0.2) is 38.2 Å². The number of ether oxygens (including phenoxy) is 2. The van der Waals surface area contributed by atoms with E-state index in [0.717, 1.165) is 38.0 Å². The summed E-state index contributed by atoms with van der Waals surface area (Å²) in [6.07, 6.45) is 4.33. The SMILES string of the molecule is CCCNC(=O)c1cc(NC(=O)c2ccc3c(c2)OCO3)ccc1N1CCCCC1. The molecule has 0 aliphatic carbocycles. The average molecular weight is 409 g/mol. The summed E-state index contributed by atoms with van der Waals surface area (Å²) < 4.78 is 10.6. The van der Waals surface area contributed by atoms with Gasteiger partial charge in [0.2, 0.25) is 6.79 Å². The lowest BCUT2D eigenvalue weighted by molar-refractivity contribution is 0.0952. The molecule has 7 heteroatoms. The molecule has 0 saturated carbocycles. The molecule has 2 N–H and O–H groups in total. The van der Waals surface area contributed by atoms with Gasteiger partial charge in [-0.25, -0.2) is 0 Å². The molecule has 0 radical (unpaired) electrons. The van der Waals surface area contributed by atoms with Crippen LogP contribution in [0.4, 0.5) is 11.4 Å². The minimum Gasteiger partial charge on any atom is -0.454 e. The highest BCUT2D eigenvalue weighted by Gasteiger charge is 2.20. The maximum absolute atomic E-state index is 12.8. The van der Waals surface area contributed by atoms with Crippen LogP contribution in [0.2, 0.25) is 0 Å². The number of piperidine rings is 1. The van der Waals surface area contributed by atoms with Crippen molar-refractivity contribution in [3.63, 3.8) is 0 Å². The number of carbonyl (C=O) groups excluding carboxylic acids is 2. The summed E-state index contributed by atoms with van der Waals surface area (Å²) >= 11 is 0. The molecule has 1 fully saturated rings. The van der Waals surface area contributed by atoms with Crippen molar-refractivity contribution in [3.05, 3.63) is 47.5 Å². The van der Waals surface area contributed by atoms with Gasteiger partial charge in [-0.15, -0.1) is 0 Å². The Kier molecular flexibility index (Phi) is 6.07. The molecule has 4 rings (SSSR count). The highest BCUT2D eigenvalue weighted by Crippen LogP contribution is 2.33. The minimum atomic E-state index is -0.265. The third-order valence-electron chi connectivity index (χ3n) is 5.37. The van der Waals surface area contributed by atoms with Crippen LogP contribution in [0.1, 0.15) is 53.3 Å². The third-order valence-corrected chi connectivity index (χ3v) is 5.37. The van der Waals surface area contributed by atoms with E-state index in [1.54, 1.807) is 24.3 Å². The zero-order chi connectivity index (χ0) is 20.9. The first-order chi connectivity index (χ1) is 14.7. The van der Waals surface area contributed by atoms with Crippen molar-refractivity contribution in [1.82, 2.24) is 5.32 Å². The van der Waals surface area contributed by atoms with Crippen molar-refractivity contribution in [2.75, 3.05) is 36.6 Å². The smallest absolute Gasteiger partial charge is 0.255 e. The first kappa shape index (κ1) is 20.1. The van der Waals surface area contributed by atoms with Gasteiger partial charge in [0.25, 0.3) is 11.8 Å². The van der Waals surface area contributed by atoms with Gasteiger partial charge in [-0.2, -0.15) is 0 Å². The molecule has 30 heavy (non-hydrogen) atoms. The molecule has 2 aliphatic heterocycles. The zero-order valence-corrected chi connectivity index (χ0v) is 17.2. The maximum Gasteiger partial charge on any atom is 0.255 e. The van der Waals surface area contributed by atoms with Gasteiger partial charge in [0.05, 0.1) is 5.56 Å². The third kappa shape index (κ3) is 4.35. The minimum absolute atomic E-state index is 0.114. The molecule has 0 atom stereocenters. The molecule has 2 amide bonds. The predicted molar refractivity (Wildman–Crippen MR) is 116 cm³/mol. The Morgan fingerprint density at radius 1 is 0.967 bits per heavy atom. The summed E-state index contributed by atoms with van der Waals surface area (Å²) in [5.41, 5.74) is 2.56. The first-order valence-electron chi connectivity index (χ1n) is 10.5. The van der Waals surface area contributed by atoms with Crippen LogP contribution >= 0.6 is 0 Å². The molecule has 2 aromatic carbocycles. The van der Waals surface area contributed by atoms with Gasteiger partial charge >= 0.3 is 0 Å². The largest absolute Gasteiger partial charge is 0.454 e. The van der Waals surface area contributed by atoms with E-state index in [1.165, 1.54) is 6.42 Å². The van der Waals surface area contributed by atoms with Crippen LogP contribution in [0.5, 0.6) is 11.5 Å². The summed E-state index contributed by atoms with van der Waals surface area (Å²) in [7, 11) is 0. The molecule has 1 saturated heterocycles. The molecule has 0 unspecified atom stereocenters. The number of hydrogen-bond donors (Lipinski definition) is 2. The Morgan fingerprint density at radius 3 is 2.57 bits per heavy atom. The maximum atomic E-state index is 12.8. The average Bonchev–Trinajstić information content (AvgIpc) is 3.26. The Hall–Kier alpha value is -3.22. The van der Waals surface area contributed by atoms with E-state index in [0.29, 0.717) is 34.9 Å². The zero-order valence-electron chi connectivity index (χ0n) is 17.2. The number of carbonyl (C=O) groups is 2. The summed E-state index contributed by atoms with van der Waals surface area (Å²) in [6, 6.07) is 10.6. The second-order valence-electron chi connectivity index (χ2n) is 7.56. The normalized spacial score (nSPS) is 15.0.